The van der Waals surface area contributed by atoms with Crippen LogP contribution in [0.1, 0.15) is 28.8 Å². The monoisotopic (exact) mass is 507 g/mol. The van der Waals surface area contributed by atoms with E-state index in [1.54, 1.807) is 12.3 Å². The smallest absolute Gasteiger partial charge is 0.341 e. The minimum absolute atomic E-state index is 0.102. The average molecular weight is 507 g/mol. The summed E-state index contributed by atoms with van der Waals surface area (Å²) in [7, 11) is 0. The number of anilines is 1. The molecule has 4 aromatic rings. The molecule has 2 aromatic carbocycles. The Balaban J connectivity index is 1.62. The second kappa shape index (κ2) is 9.53. The second-order valence-corrected chi connectivity index (χ2v) is 8.93. The van der Waals surface area contributed by atoms with Crippen LogP contribution < -0.4 is 15.1 Å². The van der Waals surface area contributed by atoms with E-state index in [-0.39, 0.29) is 40.7 Å². The number of pyridine rings is 2. The third kappa shape index (κ3) is 4.46. The highest BCUT2D eigenvalue weighted by Crippen LogP contribution is 2.33. The lowest BCUT2D eigenvalue weighted by Crippen LogP contribution is -2.35. The molecule has 2 aromatic heterocycles. The number of aromatic carboxylic acids is 1. The summed E-state index contributed by atoms with van der Waals surface area (Å²) in [5, 5.41) is 19.0. The standard InChI is InChI=1S/C27H23F2N3O5/c1-15-4-2-8-30-26(15)37-14-16-5-3-9-31(16)24-12-23-18(11-21(24)29)25(34)19(27(35)36)13-32(23)22-7-6-17(33)10-20(22)28/h2,4,6-8,10-13,16,33H,3,5,9,14H2,1H3,(H,35,36)/t16-/m1/s1. The van der Waals surface area contributed by atoms with Gasteiger partial charge < -0.3 is 24.4 Å². The summed E-state index contributed by atoms with van der Waals surface area (Å²) in [6.07, 6.45) is 4.16. The van der Waals surface area contributed by atoms with Crippen LogP contribution in [0.5, 0.6) is 11.6 Å². The number of carbonyl (C=O) groups is 1. The Hall–Kier alpha value is -4.47. The molecule has 0 aliphatic carbocycles. The van der Waals surface area contributed by atoms with Crippen molar-refractivity contribution in [1.29, 1.82) is 0 Å². The van der Waals surface area contributed by atoms with Gasteiger partial charge in [-0.2, -0.15) is 0 Å². The lowest BCUT2D eigenvalue weighted by atomic mass is 10.1. The van der Waals surface area contributed by atoms with Gasteiger partial charge in [0.15, 0.2) is 5.82 Å². The van der Waals surface area contributed by atoms with Gasteiger partial charge in [-0.15, -0.1) is 0 Å². The average Bonchev–Trinajstić information content (AvgIpc) is 3.32. The summed E-state index contributed by atoms with van der Waals surface area (Å²) in [6, 6.07) is 9.29. The number of aromatic nitrogens is 2. The molecule has 2 N–H and O–H groups in total. The molecule has 0 saturated carbocycles. The van der Waals surface area contributed by atoms with E-state index in [4.69, 9.17) is 4.74 Å². The van der Waals surface area contributed by atoms with Crippen LogP contribution >= 0.6 is 0 Å². The number of fused-ring (bicyclic) bond motifs is 1. The van der Waals surface area contributed by atoms with E-state index >= 15 is 4.39 Å². The van der Waals surface area contributed by atoms with Crippen molar-refractivity contribution < 1.29 is 28.5 Å². The summed E-state index contributed by atoms with van der Waals surface area (Å²) in [5.74, 6) is -2.90. The molecule has 1 saturated heterocycles. The quantitative estimate of drug-likeness (QED) is 0.398. The van der Waals surface area contributed by atoms with Crippen molar-refractivity contribution in [3.63, 3.8) is 0 Å². The van der Waals surface area contributed by atoms with Crippen molar-refractivity contribution in [2.24, 2.45) is 0 Å². The summed E-state index contributed by atoms with van der Waals surface area (Å²) in [4.78, 5) is 30.7. The Morgan fingerprint density at radius 3 is 2.68 bits per heavy atom. The summed E-state index contributed by atoms with van der Waals surface area (Å²) >= 11 is 0. The number of rotatable bonds is 6. The van der Waals surface area contributed by atoms with E-state index in [9.17, 15) is 24.2 Å². The third-order valence-electron chi connectivity index (χ3n) is 6.55. The SMILES string of the molecule is Cc1cccnc1OC[C@H]1CCCN1c1cc2c(cc1F)c(=O)c(C(=O)O)cn2-c1ccc(O)cc1F. The predicted molar refractivity (Wildman–Crippen MR) is 133 cm³/mol. The van der Waals surface area contributed by atoms with Crippen molar-refractivity contribution in [3.05, 3.63) is 87.8 Å². The van der Waals surface area contributed by atoms with Crippen LogP contribution in [0.3, 0.4) is 0 Å². The molecule has 190 valence electrons. The van der Waals surface area contributed by atoms with Gasteiger partial charge in [0.2, 0.25) is 11.3 Å². The lowest BCUT2D eigenvalue weighted by Gasteiger charge is -2.28. The first-order valence-electron chi connectivity index (χ1n) is 11.7. The first-order valence-corrected chi connectivity index (χ1v) is 11.7. The van der Waals surface area contributed by atoms with E-state index in [2.05, 4.69) is 4.98 Å². The minimum atomic E-state index is -1.52. The molecule has 1 aliphatic rings. The molecule has 10 heteroatoms. The number of ether oxygens (including phenoxy) is 1. The molecule has 0 radical (unpaired) electrons. The van der Waals surface area contributed by atoms with Crippen LogP contribution in [0.4, 0.5) is 14.5 Å². The normalized spacial score (nSPS) is 15.3. The van der Waals surface area contributed by atoms with Gasteiger partial charge in [-0.1, -0.05) is 6.07 Å². The Kier molecular flexibility index (Phi) is 6.24. The summed E-state index contributed by atoms with van der Waals surface area (Å²) in [6.45, 7) is 2.67. The predicted octanol–water partition coefficient (Wildman–Crippen LogP) is 4.42. The number of carboxylic acids is 1. The maximum absolute atomic E-state index is 15.5. The van der Waals surface area contributed by atoms with E-state index in [1.165, 1.54) is 22.8 Å². The second-order valence-electron chi connectivity index (χ2n) is 8.93. The van der Waals surface area contributed by atoms with E-state index in [0.717, 1.165) is 36.7 Å². The van der Waals surface area contributed by atoms with Crippen LogP contribution in [0, 0.1) is 18.6 Å². The molecule has 1 atom stereocenters. The number of hydrogen-bond donors (Lipinski definition) is 2. The van der Waals surface area contributed by atoms with Gasteiger partial charge in [0, 0.05) is 36.0 Å². The van der Waals surface area contributed by atoms with Gasteiger partial charge in [0.25, 0.3) is 0 Å². The van der Waals surface area contributed by atoms with Gasteiger partial charge in [-0.3, -0.25) is 4.79 Å². The van der Waals surface area contributed by atoms with Crippen molar-refractivity contribution in [1.82, 2.24) is 9.55 Å². The van der Waals surface area contributed by atoms with Crippen LogP contribution in [0.15, 0.2) is 59.7 Å². The van der Waals surface area contributed by atoms with Crippen LogP contribution in [-0.4, -0.2) is 44.9 Å². The highest BCUT2D eigenvalue weighted by atomic mass is 19.1. The van der Waals surface area contributed by atoms with Gasteiger partial charge in [0.1, 0.15) is 23.7 Å². The van der Waals surface area contributed by atoms with Gasteiger partial charge in [-0.05, 0) is 50.1 Å². The Bertz CT molecular complexity index is 1590. The largest absolute Gasteiger partial charge is 0.508 e. The first-order chi connectivity index (χ1) is 17.7. The number of nitrogens with zero attached hydrogens (tertiary/aromatic N) is 3. The maximum Gasteiger partial charge on any atom is 0.341 e. The number of benzene rings is 2. The number of phenols is 1. The van der Waals surface area contributed by atoms with E-state index in [0.29, 0.717) is 12.4 Å². The van der Waals surface area contributed by atoms with Crippen LogP contribution in [0.2, 0.25) is 0 Å². The number of halogens is 2. The zero-order valence-electron chi connectivity index (χ0n) is 19.8. The molecule has 0 amide bonds. The number of phenolic OH excluding ortho intramolecular Hbond substituents is 1. The Labute approximate surface area is 210 Å². The van der Waals surface area contributed by atoms with Crippen molar-refractivity contribution >= 4 is 22.6 Å². The van der Waals surface area contributed by atoms with Gasteiger partial charge in [-0.25, -0.2) is 18.6 Å². The molecule has 0 bridgehead atoms. The molecule has 0 spiro atoms. The molecule has 5 rings (SSSR count). The number of aryl methyl sites for hydroxylation is 1. The number of aromatic hydroxyl groups is 1. The zero-order chi connectivity index (χ0) is 26.3. The number of hydrogen-bond acceptors (Lipinski definition) is 6. The summed E-state index contributed by atoms with van der Waals surface area (Å²) < 4.78 is 37.4. The highest BCUT2D eigenvalue weighted by Gasteiger charge is 2.29. The highest BCUT2D eigenvalue weighted by molar-refractivity contribution is 5.94. The van der Waals surface area contributed by atoms with Crippen molar-refractivity contribution in [3.8, 4) is 17.3 Å². The third-order valence-corrected chi connectivity index (χ3v) is 6.55. The fourth-order valence-corrected chi connectivity index (χ4v) is 4.72. The lowest BCUT2D eigenvalue weighted by molar-refractivity contribution is 0.0695. The van der Waals surface area contributed by atoms with Crippen molar-refractivity contribution in [2.45, 2.75) is 25.8 Å². The van der Waals surface area contributed by atoms with Crippen LogP contribution in [0.25, 0.3) is 16.6 Å². The van der Waals surface area contributed by atoms with E-state index < -0.39 is 28.6 Å². The fraction of sp³-hybridized carbons (Fsp3) is 0.222. The van der Waals surface area contributed by atoms with Gasteiger partial charge >= 0.3 is 5.97 Å². The molecule has 0 unspecified atom stereocenters. The maximum atomic E-state index is 15.5. The topological polar surface area (TPSA) is 105 Å². The first kappa shape index (κ1) is 24.2. The van der Waals surface area contributed by atoms with Gasteiger partial charge in [0.05, 0.1) is 22.9 Å². The summed E-state index contributed by atoms with van der Waals surface area (Å²) in [5.41, 5.74) is -0.427. The molecule has 8 nitrogen and oxygen atoms in total. The molecule has 1 aliphatic heterocycles. The minimum Gasteiger partial charge on any atom is -0.508 e. The van der Waals surface area contributed by atoms with Crippen LogP contribution in [-0.2, 0) is 0 Å². The zero-order valence-corrected chi connectivity index (χ0v) is 19.8. The fourth-order valence-electron chi connectivity index (χ4n) is 4.72. The molecule has 3 heterocycles. The van der Waals surface area contributed by atoms with Crippen molar-refractivity contribution in [2.75, 3.05) is 18.1 Å². The van der Waals surface area contributed by atoms with E-state index in [1.807, 2.05) is 17.9 Å². The molecular formula is C27H23F2N3O5. The molecule has 37 heavy (non-hydrogen) atoms. The number of carboxylic acid groups (broad SMARTS) is 1. The Morgan fingerprint density at radius 2 is 1.95 bits per heavy atom. The molecular weight excluding hydrogens is 484 g/mol. The Morgan fingerprint density at radius 1 is 1.16 bits per heavy atom. The molecule has 1 fully saturated rings.